The van der Waals surface area contributed by atoms with Gasteiger partial charge in [0.15, 0.2) is 5.83 Å². The number of rotatable bonds is 4. The number of aromatic nitrogens is 2. The molecule has 28 heavy (non-hydrogen) atoms. The lowest BCUT2D eigenvalue weighted by molar-refractivity contribution is 0.395. The summed E-state index contributed by atoms with van der Waals surface area (Å²) < 4.78 is 45.5. The van der Waals surface area contributed by atoms with Crippen LogP contribution >= 0.6 is 0 Å². The first-order valence-corrected chi connectivity index (χ1v) is 9.79. The van der Waals surface area contributed by atoms with Crippen molar-refractivity contribution in [1.29, 1.82) is 0 Å². The highest BCUT2D eigenvalue weighted by Crippen LogP contribution is 2.31. The highest BCUT2D eigenvalue weighted by molar-refractivity contribution is 7.87. The van der Waals surface area contributed by atoms with Crippen LogP contribution in [0, 0.1) is 5.82 Å². The molecule has 0 spiro atoms. The standard InChI is InChI=1S/C19H20F2N4O2S/c1-19(2)18(22)25-16(10-28(19)26)12-6-11(4-5-13(12)20)7-14(21)15-8-24-17(27-3)9-23-15/h4-9,16H,10H2,1-3H3,(H2,22,25)/b14-7-. The molecule has 0 aliphatic carbocycles. The Labute approximate surface area is 164 Å². The number of nitrogens with zero attached hydrogens (tertiary/aromatic N) is 3. The van der Waals surface area contributed by atoms with Gasteiger partial charge in [0.25, 0.3) is 0 Å². The van der Waals surface area contributed by atoms with Crippen LogP contribution in [0.1, 0.15) is 36.7 Å². The quantitative estimate of drug-likeness (QED) is 0.843. The zero-order valence-corrected chi connectivity index (χ0v) is 16.5. The Morgan fingerprint density at radius 1 is 1.36 bits per heavy atom. The maximum absolute atomic E-state index is 14.5. The monoisotopic (exact) mass is 406 g/mol. The molecule has 0 radical (unpaired) electrons. The first kappa shape index (κ1) is 20.1. The van der Waals surface area contributed by atoms with E-state index in [0.29, 0.717) is 5.56 Å². The Balaban J connectivity index is 1.93. The molecule has 9 heteroatoms. The lowest BCUT2D eigenvalue weighted by atomic mass is 10.0. The molecule has 148 valence electrons. The van der Waals surface area contributed by atoms with Crippen molar-refractivity contribution in [1.82, 2.24) is 9.97 Å². The maximum Gasteiger partial charge on any atom is 0.232 e. The fourth-order valence-corrected chi connectivity index (χ4v) is 3.90. The smallest absolute Gasteiger partial charge is 0.232 e. The summed E-state index contributed by atoms with van der Waals surface area (Å²) in [6.07, 6.45) is 3.76. The number of amidine groups is 1. The van der Waals surface area contributed by atoms with Crippen LogP contribution in [0.5, 0.6) is 5.88 Å². The fraction of sp³-hybridized carbons (Fsp3) is 0.316. The van der Waals surface area contributed by atoms with Crippen molar-refractivity contribution < 1.29 is 17.7 Å². The van der Waals surface area contributed by atoms with Crippen molar-refractivity contribution in [3.63, 3.8) is 0 Å². The molecule has 3 rings (SSSR count). The topological polar surface area (TPSA) is 90.5 Å². The molecule has 1 aromatic carbocycles. The highest BCUT2D eigenvalue weighted by Gasteiger charge is 2.37. The molecule has 0 saturated heterocycles. The Bertz CT molecular complexity index is 974. The number of nitrogens with two attached hydrogens (primary N) is 1. The maximum atomic E-state index is 14.5. The van der Waals surface area contributed by atoms with E-state index in [1.807, 2.05) is 0 Å². The summed E-state index contributed by atoms with van der Waals surface area (Å²) in [5.74, 6) is -0.528. The minimum Gasteiger partial charge on any atom is -0.480 e. The summed E-state index contributed by atoms with van der Waals surface area (Å²) in [5.41, 5.74) is 6.59. The van der Waals surface area contributed by atoms with E-state index in [0.717, 1.165) is 0 Å². The summed E-state index contributed by atoms with van der Waals surface area (Å²) in [4.78, 5) is 12.2. The minimum absolute atomic E-state index is 0.0226. The highest BCUT2D eigenvalue weighted by atomic mass is 32.2. The lowest BCUT2D eigenvalue weighted by Gasteiger charge is -2.31. The number of benzene rings is 1. The van der Waals surface area contributed by atoms with E-state index >= 15 is 0 Å². The van der Waals surface area contributed by atoms with Gasteiger partial charge < -0.3 is 10.5 Å². The largest absolute Gasteiger partial charge is 0.480 e. The normalized spacial score (nSPS) is 21.9. The van der Waals surface area contributed by atoms with Crippen LogP contribution in [0.15, 0.2) is 35.6 Å². The summed E-state index contributed by atoms with van der Waals surface area (Å²) in [6.45, 7) is 3.47. The molecule has 0 bridgehead atoms. The van der Waals surface area contributed by atoms with Gasteiger partial charge in [0.2, 0.25) is 5.88 Å². The SMILES string of the molecule is COc1cnc(/C(F)=C/c2ccc(F)c(C3CS(=O)C(C)(C)C(N)=N3)c2)cn1. The molecule has 0 saturated carbocycles. The first-order chi connectivity index (χ1) is 13.2. The summed E-state index contributed by atoms with van der Waals surface area (Å²) in [6, 6.07) is 3.45. The minimum atomic E-state index is -1.31. The molecule has 2 heterocycles. The summed E-state index contributed by atoms with van der Waals surface area (Å²) in [5, 5.41) is 0. The molecule has 1 aliphatic rings. The average molecular weight is 406 g/mol. The van der Waals surface area contributed by atoms with Crippen molar-refractivity contribution >= 4 is 28.5 Å². The van der Waals surface area contributed by atoms with E-state index in [1.54, 1.807) is 13.8 Å². The van der Waals surface area contributed by atoms with Crippen molar-refractivity contribution in [3.8, 4) is 5.88 Å². The second kappa shape index (κ2) is 7.75. The average Bonchev–Trinajstić information content (AvgIpc) is 2.67. The van der Waals surface area contributed by atoms with Crippen LogP contribution in [-0.2, 0) is 10.8 Å². The Morgan fingerprint density at radius 2 is 2.11 bits per heavy atom. The molecule has 2 aromatic rings. The van der Waals surface area contributed by atoms with Gasteiger partial charge in [-0.05, 0) is 37.6 Å². The van der Waals surface area contributed by atoms with E-state index in [9.17, 15) is 13.0 Å². The molecule has 6 nitrogen and oxygen atoms in total. The predicted octanol–water partition coefficient (Wildman–Crippen LogP) is 3.03. The third-order valence-corrected chi connectivity index (χ3v) is 6.51. The van der Waals surface area contributed by atoms with Crippen LogP contribution in [0.25, 0.3) is 11.9 Å². The number of halogens is 2. The Morgan fingerprint density at radius 3 is 2.71 bits per heavy atom. The third-order valence-electron chi connectivity index (χ3n) is 4.54. The van der Waals surface area contributed by atoms with Gasteiger partial charge in [0.1, 0.15) is 17.3 Å². The van der Waals surface area contributed by atoms with Gasteiger partial charge >= 0.3 is 0 Å². The van der Waals surface area contributed by atoms with E-state index in [1.165, 1.54) is 43.8 Å². The molecule has 1 aromatic heterocycles. The third kappa shape index (κ3) is 3.94. The molecule has 2 atom stereocenters. The van der Waals surface area contributed by atoms with E-state index in [-0.39, 0.29) is 28.7 Å². The van der Waals surface area contributed by atoms with Crippen molar-refractivity contribution in [2.45, 2.75) is 24.6 Å². The second-order valence-corrected chi connectivity index (χ2v) is 8.81. The molecule has 1 aliphatic heterocycles. The second-order valence-electron chi connectivity index (χ2n) is 6.77. The number of ether oxygens (including phenoxy) is 1. The summed E-state index contributed by atoms with van der Waals surface area (Å²) in [7, 11) is 0.123. The van der Waals surface area contributed by atoms with Crippen LogP contribution in [0.2, 0.25) is 0 Å². The zero-order chi connectivity index (χ0) is 20.5. The van der Waals surface area contributed by atoms with Gasteiger partial charge in [-0.2, -0.15) is 0 Å². The lowest BCUT2D eigenvalue weighted by Crippen LogP contribution is -2.47. The Kier molecular flexibility index (Phi) is 5.55. The first-order valence-electron chi connectivity index (χ1n) is 8.47. The van der Waals surface area contributed by atoms with Crippen LogP contribution in [-0.4, -0.2) is 37.6 Å². The van der Waals surface area contributed by atoms with Gasteiger partial charge in [-0.15, -0.1) is 0 Å². The molecular weight excluding hydrogens is 386 g/mol. The van der Waals surface area contributed by atoms with E-state index < -0.39 is 33.2 Å². The Hall–Kier alpha value is -2.68. The molecule has 2 N–H and O–H groups in total. The van der Waals surface area contributed by atoms with Gasteiger partial charge in [0, 0.05) is 16.4 Å². The van der Waals surface area contributed by atoms with Gasteiger partial charge in [-0.1, -0.05) is 6.07 Å². The number of aliphatic imine (C=N–C) groups is 1. The summed E-state index contributed by atoms with van der Waals surface area (Å²) >= 11 is 0. The molecular formula is C19H20F2N4O2S. The van der Waals surface area contributed by atoms with E-state index in [4.69, 9.17) is 10.5 Å². The number of hydrogen-bond acceptors (Lipinski definition) is 6. The van der Waals surface area contributed by atoms with Gasteiger partial charge in [0.05, 0.1) is 36.0 Å². The zero-order valence-electron chi connectivity index (χ0n) is 15.6. The molecule has 0 amide bonds. The van der Waals surface area contributed by atoms with Gasteiger partial charge in [-0.25, -0.2) is 18.7 Å². The molecule has 2 unspecified atom stereocenters. The van der Waals surface area contributed by atoms with Crippen molar-refractivity contribution in [3.05, 3.63) is 53.2 Å². The fourth-order valence-electron chi connectivity index (χ4n) is 2.66. The van der Waals surface area contributed by atoms with Crippen LogP contribution in [0.4, 0.5) is 8.78 Å². The van der Waals surface area contributed by atoms with Gasteiger partial charge in [-0.3, -0.25) is 9.20 Å². The van der Waals surface area contributed by atoms with Crippen LogP contribution < -0.4 is 10.5 Å². The molecule has 0 fully saturated rings. The van der Waals surface area contributed by atoms with Crippen molar-refractivity contribution in [2.75, 3.05) is 12.9 Å². The predicted molar refractivity (Wildman–Crippen MR) is 105 cm³/mol. The number of hydrogen-bond donors (Lipinski definition) is 1. The van der Waals surface area contributed by atoms with E-state index in [2.05, 4.69) is 15.0 Å². The number of methoxy groups -OCH3 is 1. The van der Waals surface area contributed by atoms with Crippen molar-refractivity contribution in [2.24, 2.45) is 10.7 Å². The van der Waals surface area contributed by atoms with Crippen LogP contribution in [0.3, 0.4) is 0 Å².